The summed E-state index contributed by atoms with van der Waals surface area (Å²) in [6.07, 6.45) is 1.13. The third-order valence-electron chi connectivity index (χ3n) is 5.75. The summed E-state index contributed by atoms with van der Waals surface area (Å²) in [7, 11) is -3.69. The number of hydrogen-bond donors (Lipinski definition) is 1. The summed E-state index contributed by atoms with van der Waals surface area (Å²) in [6.45, 7) is 7.50. The fourth-order valence-electron chi connectivity index (χ4n) is 3.83. The number of carbonyl (C=O) groups excluding carboxylic acids is 1. The largest absolute Gasteiger partial charge is 0.343 e. The molecular weight excluding hydrogens is 420 g/mol. The van der Waals surface area contributed by atoms with E-state index in [-0.39, 0.29) is 5.91 Å². The van der Waals surface area contributed by atoms with Crippen LogP contribution in [-0.2, 0) is 14.8 Å². The first-order valence-corrected chi connectivity index (χ1v) is 12.4. The minimum absolute atomic E-state index is 0.370. The second kappa shape index (κ2) is 9.57. The van der Waals surface area contributed by atoms with Gasteiger partial charge in [0.2, 0.25) is 15.9 Å². The van der Waals surface area contributed by atoms with Gasteiger partial charge in [-0.25, -0.2) is 8.42 Å². The van der Waals surface area contributed by atoms with Crippen LogP contribution in [0.25, 0.3) is 0 Å². The zero-order valence-electron chi connectivity index (χ0n) is 19.2. The number of anilines is 1. The van der Waals surface area contributed by atoms with Crippen LogP contribution in [-0.4, -0.2) is 26.6 Å². The van der Waals surface area contributed by atoms with Gasteiger partial charge in [-0.15, -0.1) is 0 Å². The number of hydrogen-bond acceptors (Lipinski definition) is 3. The molecule has 1 amide bonds. The van der Waals surface area contributed by atoms with Crippen LogP contribution in [0.4, 0.5) is 5.69 Å². The van der Waals surface area contributed by atoms with Crippen LogP contribution < -0.4 is 9.62 Å². The maximum Gasteiger partial charge on any atom is 0.244 e. The molecule has 3 rings (SSSR count). The van der Waals surface area contributed by atoms with Crippen LogP contribution in [0.1, 0.15) is 40.8 Å². The van der Waals surface area contributed by atoms with Crippen LogP contribution in [0.5, 0.6) is 0 Å². The summed E-state index contributed by atoms with van der Waals surface area (Å²) in [5.41, 5.74) is 5.44. The highest BCUT2D eigenvalue weighted by Crippen LogP contribution is 2.27. The van der Waals surface area contributed by atoms with Gasteiger partial charge in [0.15, 0.2) is 0 Å². The molecule has 2 atom stereocenters. The average Bonchev–Trinajstić information content (AvgIpc) is 2.74. The highest BCUT2D eigenvalue weighted by molar-refractivity contribution is 7.92. The maximum absolute atomic E-state index is 13.4. The van der Waals surface area contributed by atoms with Crippen molar-refractivity contribution in [1.29, 1.82) is 0 Å². The van der Waals surface area contributed by atoms with Gasteiger partial charge in [-0.1, -0.05) is 60.7 Å². The molecule has 0 radical (unpaired) electrons. The minimum atomic E-state index is -3.69. The first-order valence-electron chi connectivity index (χ1n) is 10.6. The van der Waals surface area contributed by atoms with Crippen LogP contribution in [0, 0.1) is 20.8 Å². The van der Waals surface area contributed by atoms with E-state index in [0.29, 0.717) is 5.69 Å². The molecule has 1 N–H and O–H groups in total. The Morgan fingerprint density at radius 3 is 2.06 bits per heavy atom. The molecule has 0 spiro atoms. The standard InChI is InChI=1S/C26H30N2O3S/c1-18-15-16-23(17-20(18)3)28(32(5,30)31)21(4)26(29)27-25(22-12-7-6-8-13-22)24-14-10-9-11-19(24)2/h6-17,21,25H,1-5H3,(H,27,29). The Morgan fingerprint density at radius 1 is 0.844 bits per heavy atom. The molecule has 0 aromatic heterocycles. The predicted octanol–water partition coefficient (Wildman–Crippen LogP) is 4.67. The zero-order valence-corrected chi connectivity index (χ0v) is 20.0. The number of aryl methyl sites for hydroxylation is 3. The monoisotopic (exact) mass is 450 g/mol. The summed E-state index contributed by atoms with van der Waals surface area (Å²) < 4.78 is 26.6. The summed E-state index contributed by atoms with van der Waals surface area (Å²) >= 11 is 0. The molecule has 0 aliphatic heterocycles. The second-order valence-corrected chi connectivity index (χ2v) is 10.1. The molecule has 32 heavy (non-hydrogen) atoms. The molecule has 0 heterocycles. The molecular formula is C26H30N2O3S. The van der Waals surface area contributed by atoms with E-state index >= 15 is 0 Å². The van der Waals surface area contributed by atoms with Crippen molar-refractivity contribution in [3.63, 3.8) is 0 Å². The molecule has 5 nitrogen and oxygen atoms in total. The Kier molecular flexibility index (Phi) is 7.04. The first-order chi connectivity index (χ1) is 15.1. The number of sulfonamides is 1. The minimum Gasteiger partial charge on any atom is -0.343 e. The SMILES string of the molecule is Cc1ccc(N(C(C)C(=O)NC(c2ccccc2)c2ccccc2C)S(C)(=O)=O)cc1C. The zero-order chi connectivity index (χ0) is 23.5. The van der Waals surface area contributed by atoms with Gasteiger partial charge in [0, 0.05) is 0 Å². The molecule has 3 aromatic rings. The van der Waals surface area contributed by atoms with E-state index in [1.165, 1.54) is 4.31 Å². The smallest absolute Gasteiger partial charge is 0.244 e. The van der Waals surface area contributed by atoms with Crippen molar-refractivity contribution in [2.24, 2.45) is 0 Å². The van der Waals surface area contributed by atoms with Crippen LogP contribution in [0.3, 0.4) is 0 Å². The summed E-state index contributed by atoms with van der Waals surface area (Å²) in [6, 6.07) is 21.6. The van der Waals surface area contributed by atoms with Crippen LogP contribution in [0.15, 0.2) is 72.8 Å². The van der Waals surface area contributed by atoms with E-state index in [1.54, 1.807) is 19.1 Å². The second-order valence-electron chi connectivity index (χ2n) is 8.21. The number of nitrogens with one attached hydrogen (secondary N) is 1. The van der Waals surface area contributed by atoms with Crippen molar-refractivity contribution in [2.75, 3.05) is 10.6 Å². The van der Waals surface area contributed by atoms with Gasteiger partial charge in [0.1, 0.15) is 6.04 Å². The Hall–Kier alpha value is -3.12. The van der Waals surface area contributed by atoms with Crippen molar-refractivity contribution < 1.29 is 13.2 Å². The molecule has 0 bridgehead atoms. The topological polar surface area (TPSA) is 66.5 Å². The Labute approximate surface area is 191 Å². The highest BCUT2D eigenvalue weighted by Gasteiger charge is 2.31. The number of nitrogens with zero attached hydrogens (tertiary/aromatic N) is 1. The van der Waals surface area contributed by atoms with E-state index in [0.717, 1.165) is 34.1 Å². The third kappa shape index (κ3) is 5.19. The van der Waals surface area contributed by atoms with Gasteiger partial charge < -0.3 is 5.32 Å². The highest BCUT2D eigenvalue weighted by atomic mass is 32.2. The van der Waals surface area contributed by atoms with Gasteiger partial charge in [-0.2, -0.15) is 0 Å². The molecule has 0 saturated carbocycles. The van der Waals surface area contributed by atoms with E-state index in [4.69, 9.17) is 0 Å². The predicted molar refractivity (Wildman–Crippen MR) is 130 cm³/mol. The Bertz CT molecular complexity index is 1210. The molecule has 6 heteroatoms. The van der Waals surface area contributed by atoms with E-state index in [9.17, 15) is 13.2 Å². The Morgan fingerprint density at radius 2 is 1.47 bits per heavy atom. The van der Waals surface area contributed by atoms with E-state index in [2.05, 4.69) is 5.32 Å². The molecule has 168 valence electrons. The normalized spacial score (nSPS) is 13.3. The van der Waals surface area contributed by atoms with Gasteiger partial charge in [0.25, 0.3) is 0 Å². The molecule has 0 fully saturated rings. The molecule has 2 unspecified atom stereocenters. The van der Waals surface area contributed by atoms with Crippen molar-refractivity contribution in [1.82, 2.24) is 5.32 Å². The van der Waals surface area contributed by atoms with Gasteiger partial charge >= 0.3 is 0 Å². The van der Waals surface area contributed by atoms with Crippen LogP contribution >= 0.6 is 0 Å². The quantitative estimate of drug-likeness (QED) is 0.569. The summed E-state index contributed by atoms with van der Waals surface area (Å²) in [5, 5.41) is 3.09. The molecule has 3 aromatic carbocycles. The lowest BCUT2D eigenvalue weighted by Crippen LogP contribution is -2.48. The average molecular weight is 451 g/mol. The van der Waals surface area contributed by atoms with Crippen LogP contribution in [0.2, 0.25) is 0 Å². The molecule has 0 aliphatic rings. The van der Waals surface area contributed by atoms with Crippen molar-refractivity contribution >= 4 is 21.6 Å². The molecule has 0 aliphatic carbocycles. The van der Waals surface area contributed by atoms with Gasteiger partial charge in [-0.3, -0.25) is 9.10 Å². The third-order valence-corrected chi connectivity index (χ3v) is 6.99. The fraction of sp³-hybridized carbons (Fsp3) is 0.269. The lowest BCUT2D eigenvalue weighted by molar-refractivity contribution is -0.122. The van der Waals surface area contributed by atoms with E-state index < -0.39 is 22.1 Å². The summed E-state index contributed by atoms with van der Waals surface area (Å²) in [4.78, 5) is 13.4. The van der Waals surface area contributed by atoms with E-state index in [1.807, 2.05) is 81.4 Å². The van der Waals surface area contributed by atoms with Crippen molar-refractivity contribution in [3.05, 3.63) is 101 Å². The Balaban J connectivity index is 1.98. The van der Waals surface area contributed by atoms with Gasteiger partial charge in [-0.05, 0) is 67.6 Å². The fourth-order valence-corrected chi connectivity index (χ4v) is 5.00. The number of benzene rings is 3. The number of rotatable bonds is 7. The van der Waals surface area contributed by atoms with Crippen molar-refractivity contribution in [2.45, 2.75) is 39.8 Å². The number of amides is 1. The lowest BCUT2D eigenvalue weighted by atomic mass is 9.94. The number of carbonyl (C=O) groups is 1. The van der Waals surface area contributed by atoms with Gasteiger partial charge in [0.05, 0.1) is 18.0 Å². The maximum atomic E-state index is 13.4. The van der Waals surface area contributed by atoms with Crippen molar-refractivity contribution in [3.8, 4) is 0 Å². The molecule has 0 saturated heterocycles. The lowest BCUT2D eigenvalue weighted by Gasteiger charge is -2.31. The first kappa shape index (κ1) is 23.5. The summed E-state index contributed by atoms with van der Waals surface area (Å²) in [5.74, 6) is -0.370.